The highest BCUT2D eigenvalue weighted by molar-refractivity contribution is 5.37. The number of benzene rings is 1. The Labute approximate surface area is 124 Å². The second-order valence-electron chi connectivity index (χ2n) is 7.00. The van der Waals surface area contributed by atoms with E-state index in [9.17, 15) is 0 Å². The lowest BCUT2D eigenvalue weighted by molar-refractivity contribution is 0.148. The normalized spacial score (nSPS) is 19.5. The Morgan fingerprint density at radius 2 is 1.85 bits per heavy atom. The summed E-state index contributed by atoms with van der Waals surface area (Å²) in [4.78, 5) is 2.60. The summed E-state index contributed by atoms with van der Waals surface area (Å²) in [5, 5.41) is 0. The molecule has 1 saturated heterocycles. The van der Waals surface area contributed by atoms with Gasteiger partial charge in [-0.25, -0.2) is 0 Å². The largest absolute Gasteiger partial charge is 0.330 e. The smallest absolute Gasteiger partial charge is 0.0102 e. The number of nitrogens with two attached hydrogens (primary N) is 1. The third kappa shape index (κ3) is 3.24. The van der Waals surface area contributed by atoms with Gasteiger partial charge in [-0.05, 0) is 56.8 Å². The fourth-order valence-corrected chi connectivity index (χ4v) is 3.67. The summed E-state index contributed by atoms with van der Waals surface area (Å²) < 4.78 is 0. The molecule has 1 aliphatic rings. The van der Waals surface area contributed by atoms with E-state index in [4.69, 9.17) is 5.73 Å². The van der Waals surface area contributed by atoms with E-state index in [1.165, 1.54) is 49.2 Å². The highest BCUT2D eigenvalue weighted by atomic mass is 15.1. The van der Waals surface area contributed by atoms with Gasteiger partial charge in [-0.2, -0.15) is 0 Å². The summed E-state index contributed by atoms with van der Waals surface area (Å²) in [7, 11) is 0. The predicted molar refractivity (Wildman–Crippen MR) is 87.2 cm³/mol. The Hall–Kier alpha value is -0.860. The second-order valence-corrected chi connectivity index (χ2v) is 7.00. The minimum atomic E-state index is 0.200. The topological polar surface area (TPSA) is 29.3 Å². The Balaban J connectivity index is 2.16. The quantitative estimate of drug-likeness (QED) is 0.913. The molecule has 0 spiro atoms. The second kappa shape index (κ2) is 6.28. The number of piperidine rings is 1. The lowest BCUT2D eigenvalue weighted by atomic mass is 9.71. The van der Waals surface area contributed by atoms with Crippen molar-refractivity contribution in [3.63, 3.8) is 0 Å². The molecule has 0 amide bonds. The first-order chi connectivity index (χ1) is 9.47. The molecule has 2 heteroatoms. The van der Waals surface area contributed by atoms with Crippen LogP contribution in [-0.4, -0.2) is 31.1 Å². The molecule has 1 aromatic carbocycles. The van der Waals surface area contributed by atoms with Crippen molar-refractivity contribution < 1.29 is 0 Å². The lowest BCUT2D eigenvalue weighted by Crippen LogP contribution is -2.47. The predicted octanol–water partition coefficient (Wildman–Crippen LogP) is 3.25. The Bertz CT molecular complexity index is 443. The molecule has 0 saturated carbocycles. The molecule has 0 aromatic heterocycles. The number of aryl methyl sites for hydroxylation is 2. The van der Waals surface area contributed by atoms with Gasteiger partial charge in [-0.3, -0.25) is 0 Å². The van der Waals surface area contributed by atoms with E-state index in [-0.39, 0.29) is 5.41 Å². The standard InChI is InChI=1S/C18H30N2/c1-14(2)12-20-9-7-18(13-19,8-10-20)17-6-5-15(3)11-16(17)4/h5-6,11,14H,7-10,12-13,19H2,1-4H3. The van der Waals surface area contributed by atoms with E-state index in [1.807, 2.05) is 0 Å². The maximum absolute atomic E-state index is 6.21. The summed E-state index contributed by atoms with van der Waals surface area (Å²) in [5.74, 6) is 0.751. The molecule has 2 N–H and O–H groups in total. The molecular formula is C18H30N2. The van der Waals surface area contributed by atoms with Crippen molar-refractivity contribution in [2.45, 2.75) is 46.0 Å². The molecule has 2 nitrogen and oxygen atoms in total. The van der Waals surface area contributed by atoms with Crippen molar-refractivity contribution in [2.24, 2.45) is 11.7 Å². The highest BCUT2D eigenvalue weighted by Crippen LogP contribution is 2.36. The molecule has 1 aromatic rings. The summed E-state index contributed by atoms with van der Waals surface area (Å²) in [5.41, 5.74) is 10.6. The van der Waals surface area contributed by atoms with Gasteiger partial charge in [0.15, 0.2) is 0 Å². The zero-order chi connectivity index (χ0) is 14.8. The highest BCUT2D eigenvalue weighted by Gasteiger charge is 2.35. The zero-order valence-electron chi connectivity index (χ0n) is 13.6. The summed E-state index contributed by atoms with van der Waals surface area (Å²) in [6.07, 6.45) is 2.39. The molecule has 1 fully saturated rings. The van der Waals surface area contributed by atoms with Crippen LogP contribution in [0.1, 0.15) is 43.4 Å². The minimum Gasteiger partial charge on any atom is -0.330 e. The van der Waals surface area contributed by atoms with E-state index in [1.54, 1.807) is 0 Å². The van der Waals surface area contributed by atoms with Gasteiger partial charge in [0.25, 0.3) is 0 Å². The number of likely N-dealkylation sites (tertiary alicyclic amines) is 1. The first-order valence-electron chi connectivity index (χ1n) is 7.97. The van der Waals surface area contributed by atoms with Crippen LogP contribution in [0.2, 0.25) is 0 Å². The van der Waals surface area contributed by atoms with E-state index < -0.39 is 0 Å². The van der Waals surface area contributed by atoms with Crippen LogP contribution in [-0.2, 0) is 5.41 Å². The molecule has 0 atom stereocenters. The van der Waals surface area contributed by atoms with Crippen LogP contribution in [0.15, 0.2) is 18.2 Å². The van der Waals surface area contributed by atoms with E-state index in [0.29, 0.717) is 0 Å². The molecule has 0 bridgehead atoms. The van der Waals surface area contributed by atoms with Crippen molar-refractivity contribution >= 4 is 0 Å². The molecule has 1 heterocycles. The van der Waals surface area contributed by atoms with Crippen LogP contribution >= 0.6 is 0 Å². The average molecular weight is 274 g/mol. The molecule has 112 valence electrons. The SMILES string of the molecule is Cc1ccc(C2(CN)CCN(CC(C)C)CC2)c(C)c1. The Morgan fingerprint density at radius 3 is 2.35 bits per heavy atom. The first kappa shape index (κ1) is 15.5. The van der Waals surface area contributed by atoms with E-state index >= 15 is 0 Å². The van der Waals surface area contributed by atoms with Gasteiger partial charge in [-0.1, -0.05) is 37.6 Å². The number of hydrogen-bond acceptors (Lipinski definition) is 2. The molecule has 20 heavy (non-hydrogen) atoms. The fraction of sp³-hybridized carbons (Fsp3) is 0.667. The van der Waals surface area contributed by atoms with Crippen molar-refractivity contribution in [1.82, 2.24) is 4.90 Å². The van der Waals surface area contributed by atoms with Crippen LogP contribution in [0.4, 0.5) is 0 Å². The Kier molecular flexibility index (Phi) is 4.87. The molecular weight excluding hydrogens is 244 g/mol. The van der Waals surface area contributed by atoms with Gasteiger partial charge < -0.3 is 10.6 Å². The Morgan fingerprint density at radius 1 is 1.20 bits per heavy atom. The van der Waals surface area contributed by atoms with Gasteiger partial charge in [-0.15, -0.1) is 0 Å². The summed E-state index contributed by atoms with van der Waals surface area (Å²) in [6, 6.07) is 6.85. The molecule has 0 radical (unpaired) electrons. The van der Waals surface area contributed by atoms with Crippen LogP contribution in [0.5, 0.6) is 0 Å². The number of hydrogen-bond donors (Lipinski definition) is 1. The van der Waals surface area contributed by atoms with Crippen molar-refractivity contribution in [3.8, 4) is 0 Å². The van der Waals surface area contributed by atoms with Gasteiger partial charge in [0.05, 0.1) is 0 Å². The first-order valence-corrected chi connectivity index (χ1v) is 7.97. The summed E-state index contributed by atoms with van der Waals surface area (Å²) >= 11 is 0. The number of rotatable bonds is 4. The molecule has 1 aliphatic heterocycles. The van der Waals surface area contributed by atoms with Gasteiger partial charge in [0, 0.05) is 18.5 Å². The lowest BCUT2D eigenvalue weighted by Gasteiger charge is -2.43. The summed E-state index contributed by atoms with van der Waals surface area (Å²) in [6.45, 7) is 13.4. The third-order valence-electron chi connectivity index (χ3n) is 4.78. The van der Waals surface area contributed by atoms with Crippen LogP contribution in [0.3, 0.4) is 0 Å². The van der Waals surface area contributed by atoms with Gasteiger partial charge >= 0.3 is 0 Å². The zero-order valence-corrected chi connectivity index (χ0v) is 13.6. The maximum Gasteiger partial charge on any atom is 0.0102 e. The van der Waals surface area contributed by atoms with E-state index in [0.717, 1.165) is 12.5 Å². The maximum atomic E-state index is 6.21. The third-order valence-corrected chi connectivity index (χ3v) is 4.78. The minimum absolute atomic E-state index is 0.200. The van der Waals surface area contributed by atoms with Crippen LogP contribution in [0.25, 0.3) is 0 Å². The van der Waals surface area contributed by atoms with Crippen LogP contribution in [0, 0.1) is 19.8 Å². The molecule has 0 unspecified atom stereocenters. The van der Waals surface area contributed by atoms with Crippen LogP contribution < -0.4 is 5.73 Å². The van der Waals surface area contributed by atoms with Gasteiger partial charge in [0.1, 0.15) is 0 Å². The number of nitrogens with zero attached hydrogens (tertiary/aromatic N) is 1. The molecule has 0 aliphatic carbocycles. The fourth-order valence-electron chi connectivity index (χ4n) is 3.67. The molecule has 2 rings (SSSR count). The van der Waals surface area contributed by atoms with E-state index in [2.05, 4.69) is 50.8 Å². The monoisotopic (exact) mass is 274 g/mol. The van der Waals surface area contributed by atoms with Crippen molar-refractivity contribution in [3.05, 3.63) is 34.9 Å². The van der Waals surface area contributed by atoms with Crippen molar-refractivity contribution in [1.29, 1.82) is 0 Å². The average Bonchev–Trinajstić information content (AvgIpc) is 2.40. The van der Waals surface area contributed by atoms with Gasteiger partial charge in [0.2, 0.25) is 0 Å². The van der Waals surface area contributed by atoms with Crippen molar-refractivity contribution in [2.75, 3.05) is 26.2 Å².